The van der Waals surface area contributed by atoms with Gasteiger partial charge in [0.15, 0.2) is 0 Å². The Hall–Kier alpha value is -0.830. The Morgan fingerprint density at radius 2 is 2.06 bits per heavy atom. The van der Waals surface area contributed by atoms with Crippen LogP contribution in [0.4, 0.5) is 0 Å². The van der Waals surface area contributed by atoms with E-state index in [1.807, 2.05) is 23.3 Å². The third-order valence-electron chi connectivity index (χ3n) is 2.62. The Labute approximate surface area is 102 Å². The van der Waals surface area contributed by atoms with Crippen molar-refractivity contribution in [2.24, 2.45) is 0 Å². The molecule has 0 unspecified atom stereocenters. The zero-order chi connectivity index (χ0) is 12.0. The first-order valence-corrected chi connectivity index (χ1v) is 6.92. The van der Waals surface area contributed by atoms with Gasteiger partial charge in [0, 0.05) is 13.1 Å². The van der Waals surface area contributed by atoms with Gasteiger partial charge in [0.1, 0.15) is 0 Å². The van der Waals surface area contributed by atoms with Crippen LogP contribution in [0.1, 0.15) is 48.3 Å². The molecule has 0 fully saturated rings. The summed E-state index contributed by atoms with van der Waals surface area (Å²) in [6.45, 7) is 8.04. The van der Waals surface area contributed by atoms with Crippen molar-refractivity contribution < 1.29 is 4.79 Å². The Kier molecular flexibility index (Phi) is 5.53. The summed E-state index contributed by atoms with van der Waals surface area (Å²) in [7, 11) is 0. The van der Waals surface area contributed by atoms with E-state index in [2.05, 4.69) is 13.8 Å². The monoisotopic (exact) mass is 239 g/mol. The molecule has 1 aromatic rings. The van der Waals surface area contributed by atoms with Crippen LogP contribution < -0.4 is 0 Å². The van der Waals surface area contributed by atoms with Crippen molar-refractivity contribution in [1.29, 1.82) is 0 Å². The molecule has 90 valence electrons. The molecule has 0 radical (unpaired) electrons. The molecule has 16 heavy (non-hydrogen) atoms. The van der Waals surface area contributed by atoms with Gasteiger partial charge in [0.05, 0.1) is 4.88 Å². The highest BCUT2D eigenvalue weighted by atomic mass is 32.1. The molecule has 0 aliphatic carbocycles. The number of thiophene rings is 1. The molecule has 0 N–H and O–H groups in total. The predicted molar refractivity (Wildman–Crippen MR) is 70.2 cm³/mol. The average Bonchev–Trinajstić information content (AvgIpc) is 2.69. The second-order valence-electron chi connectivity index (χ2n) is 4.08. The molecule has 0 spiro atoms. The second kappa shape index (κ2) is 6.69. The van der Waals surface area contributed by atoms with Gasteiger partial charge in [0.25, 0.3) is 5.91 Å². The van der Waals surface area contributed by atoms with Gasteiger partial charge < -0.3 is 4.90 Å². The van der Waals surface area contributed by atoms with Crippen molar-refractivity contribution in [2.75, 3.05) is 13.1 Å². The van der Waals surface area contributed by atoms with Crippen LogP contribution in [0.5, 0.6) is 0 Å². The fourth-order valence-electron chi connectivity index (χ4n) is 1.67. The minimum absolute atomic E-state index is 0.211. The number of carbonyl (C=O) groups excluding carboxylic acids is 1. The summed E-state index contributed by atoms with van der Waals surface area (Å²) in [5, 5.41) is 1.99. The molecule has 0 aliphatic rings. The van der Waals surface area contributed by atoms with Crippen molar-refractivity contribution >= 4 is 17.2 Å². The number of carbonyl (C=O) groups is 1. The lowest BCUT2D eigenvalue weighted by Crippen LogP contribution is -2.32. The van der Waals surface area contributed by atoms with E-state index in [0.29, 0.717) is 0 Å². The van der Waals surface area contributed by atoms with E-state index < -0.39 is 0 Å². The quantitative estimate of drug-likeness (QED) is 0.741. The van der Waals surface area contributed by atoms with Gasteiger partial charge in [-0.15, -0.1) is 11.3 Å². The highest BCUT2D eigenvalue weighted by Crippen LogP contribution is 2.18. The molecule has 2 nitrogen and oxygen atoms in total. The molecular weight excluding hydrogens is 218 g/mol. The van der Waals surface area contributed by atoms with Crippen LogP contribution in [0, 0.1) is 6.92 Å². The van der Waals surface area contributed by atoms with Gasteiger partial charge >= 0.3 is 0 Å². The van der Waals surface area contributed by atoms with E-state index in [-0.39, 0.29) is 5.91 Å². The highest BCUT2D eigenvalue weighted by molar-refractivity contribution is 7.12. The van der Waals surface area contributed by atoms with Gasteiger partial charge in [-0.2, -0.15) is 0 Å². The molecule has 1 amide bonds. The normalized spacial score (nSPS) is 10.4. The fourth-order valence-corrected chi connectivity index (χ4v) is 2.56. The van der Waals surface area contributed by atoms with Gasteiger partial charge in [-0.3, -0.25) is 4.79 Å². The third kappa shape index (κ3) is 3.34. The molecule has 1 heterocycles. The van der Waals surface area contributed by atoms with Crippen LogP contribution in [0.15, 0.2) is 11.4 Å². The number of nitrogens with zero attached hydrogens (tertiary/aromatic N) is 1. The molecule has 0 aliphatic heterocycles. The first-order chi connectivity index (χ1) is 7.70. The summed E-state index contributed by atoms with van der Waals surface area (Å²) in [6, 6.07) is 2.02. The Morgan fingerprint density at radius 1 is 1.31 bits per heavy atom. The number of hydrogen-bond acceptors (Lipinski definition) is 2. The van der Waals surface area contributed by atoms with Crippen molar-refractivity contribution in [3.05, 3.63) is 21.9 Å². The number of amides is 1. The summed E-state index contributed by atoms with van der Waals surface area (Å²) in [5.74, 6) is 0.211. The minimum Gasteiger partial charge on any atom is -0.338 e. The van der Waals surface area contributed by atoms with Crippen LogP contribution in [-0.4, -0.2) is 23.9 Å². The molecule has 1 aromatic heterocycles. The van der Waals surface area contributed by atoms with Crippen LogP contribution in [0.25, 0.3) is 0 Å². The molecule has 0 aromatic carbocycles. The first-order valence-electron chi connectivity index (χ1n) is 6.04. The molecule has 0 atom stereocenters. The molecule has 0 saturated carbocycles. The summed E-state index contributed by atoms with van der Waals surface area (Å²) in [5.41, 5.74) is 1.10. The zero-order valence-electron chi connectivity index (χ0n) is 10.5. The highest BCUT2D eigenvalue weighted by Gasteiger charge is 2.17. The van der Waals surface area contributed by atoms with Crippen LogP contribution in [0.2, 0.25) is 0 Å². The Bertz CT molecular complexity index is 332. The zero-order valence-corrected chi connectivity index (χ0v) is 11.3. The maximum Gasteiger partial charge on any atom is 0.264 e. The lowest BCUT2D eigenvalue weighted by molar-refractivity contribution is 0.0757. The molecular formula is C13H21NOS. The van der Waals surface area contributed by atoms with E-state index >= 15 is 0 Å². The van der Waals surface area contributed by atoms with Crippen LogP contribution in [-0.2, 0) is 0 Å². The lowest BCUT2D eigenvalue weighted by atomic mass is 10.2. The Balaban J connectivity index is 2.70. The standard InChI is InChI=1S/C13H21NOS/c1-4-6-9-14(8-5-2)13(15)12-11(3)7-10-16-12/h7,10H,4-6,8-9H2,1-3H3. The van der Waals surface area contributed by atoms with Gasteiger partial charge in [-0.05, 0) is 36.8 Å². The van der Waals surface area contributed by atoms with E-state index in [1.54, 1.807) is 11.3 Å². The van der Waals surface area contributed by atoms with E-state index in [1.165, 1.54) is 0 Å². The van der Waals surface area contributed by atoms with Gasteiger partial charge in [-0.25, -0.2) is 0 Å². The van der Waals surface area contributed by atoms with E-state index in [4.69, 9.17) is 0 Å². The summed E-state index contributed by atoms with van der Waals surface area (Å²) < 4.78 is 0. The summed E-state index contributed by atoms with van der Waals surface area (Å²) in [4.78, 5) is 15.2. The molecule has 1 rings (SSSR count). The Morgan fingerprint density at radius 3 is 2.56 bits per heavy atom. The summed E-state index contributed by atoms with van der Waals surface area (Å²) >= 11 is 1.55. The fraction of sp³-hybridized carbons (Fsp3) is 0.615. The van der Waals surface area contributed by atoms with Crippen molar-refractivity contribution in [2.45, 2.75) is 40.0 Å². The predicted octanol–water partition coefficient (Wildman–Crippen LogP) is 3.71. The number of aryl methyl sites for hydroxylation is 1. The van der Waals surface area contributed by atoms with Crippen LogP contribution >= 0.6 is 11.3 Å². The average molecular weight is 239 g/mol. The first kappa shape index (κ1) is 13.2. The van der Waals surface area contributed by atoms with E-state index in [0.717, 1.165) is 42.8 Å². The van der Waals surface area contributed by atoms with Crippen molar-refractivity contribution in [3.63, 3.8) is 0 Å². The maximum absolute atomic E-state index is 12.3. The van der Waals surface area contributed by atoms with Crippen molar-refractivity contribution in [1.82, 2.24) is 4.90 Å². The number of hydrogen-bond donors (Lipinski definition) is 0. The number of unbranched alkanes of at least 4 members (excludes halogenated alkanes) is 1. The smallest absolute Gasteiger partial charge is 0.264 e. The maximum atomic E-state index is 12.3. The van der Waals surface area contributed by atoms with Gasteiger partial charge in [-0.1, -0.05) is 20.3 Å². The lowest BCUT2D eigenvalue weighted by Gasteiger charge is -2.21. The van der Waals surface area contributed by atoms with E-state index in [9.17, 15) is 4.79 Å². The molecule has 0 bridgehead atoms. The van der Waals surface area contributed by atoms with Crippen molar-refractivity contribution in [3.8, 4) is 0 Å². The van der Waals surface area contributed by atoms with Crippen LogP contribution in [0.3, 0.4) is 0 Å². The largest absolute Gasteiger partial charge is 0.338 e. The third-order valence-corrected chi connectivity index (χ3v) is 3.62. The number of rotatable bonds is 6. The second-order valence-corrected chi connectivity index (χ2v) is 4.99. The van der Waals surface area contributed by atoms with Gasteiger partial charge in [0.2, 0.25) is 0 Å². The minimum atomic E-state index is 0.211. The topological polar surface area (TPSA) is 20.3 Å². The summed E-state index contributed by atoms with van der Waals surface area (Å²) in [6.07, 6.45) is 3.26. The molecule has 0 saturated heterocycles. The SMILES string of the molecule is CCCCN(CCC)C(=O)c1sccc1C. The molecule has 3 heteroatoms.